The van der Waals surface area contributed by atoms with E-state index in [0.717, 1.165) is 31.4 Å². The molecule has 2 fully saturated rings. The molecule has 0 aliphatic carbocycles. The first-order chi connectivity index (χ1) is 14.1. The van der Waals surface area contributed by atoms with Crippen LogP contribution in [0.3, 0.4) is 0 Å². The predicted molar refractivity (Wildman–Crippen MR) is 103 cm³/mol. The number of piperidine rings is 1. The minimum Gasteiger partial charge on any atom is -0.388 e. The smallest absolute Gasteiger partial charge is 0.230 e. The summed E-state index contributed by atoms with van der Waals surface area (Å²) < 4.78 is 25.3. The third kappa shape index (κ3) is 3.65. The fraction of sp³-hybridized carbons (Fsp3) is 0.550. The molecule has 9 heteroatoms. The number of nitrogens with zero attached hydrogens (tertiary/aromatic N) is 4. The van der Waals surface area contributed by atoms with E-state index in [2.05, 4.69) is 25.2 Å². The summed E-state index contributed by atoms with van der Waals surface area (Å²) >= 11 is 0. The van der Waals surface area contributed by atoms with Gasteiger partial charge in [-0.25, -0.2) is 4.39 Å². The maximum absolute atomic E-state index is 14.4. The van der Waals surface area contributed by atoms with Crippen LogP contribution in [0.4, 0.5) is 4.39 Å². The van der Waals surface area contributed by atoms with Crippen LogP contribution in [0, 0.1) is 5.82 Å². The molecule has 3 aromatic rings. The van der Waals surface area contributed by atoms with Crippen molar-refractivity contribution in [2.45, 2.75) is 37.2 Å². The molecule has 0 bridgehead atoms. The zero-order valence-electron chi connectivity index (χ0n) is 16.1. The first-order valence-corrected chi connectivity index (χ1v) is 10.1. The number of aromatic nitrogens is 4. The van der Waals surface area contributed by atoms with Gasteiger partial charge in [0.05, 0.1) is 22.9 Å². The molecule has 2 aliphatic heterocycles. The molecular formula is C20H24FN5O3. The van der Waals surface area contributed by atoms with Crippen molar-refractivity contribution in [3.63, 3.8) is 0 Å². The molecule has 2 N–H and O–H groups in total. The van der Waals surface area contributed by atoms with E-state index in [9.17, 15) is 9.50 Å². The van der Waals surface area contributed by atoms with Crippen LogP contribution in [0.5, 0.6) is 0 Å². The molecule has 0 saturated carbocycles. The van der Waals surface area contributed by atoms with Crippen molar-refractivity contribution in [1.29, 1.82) is 0 Å². The fourth-order valence-electron chi connectivity index (χ4n) is 4.38. The van der Waals surface area contributed by atoms with Gasteiger partial charge in [0.15, 0.2) is 0 Å². The van der Waals surface area contributed by atoms with Crippen molar-refractivity contribution in [2.24, 2.45) is 0 Å². The van der Waals surface area contributed by atoms with Crippen LogP contribution < -0.4 is 0 Å². The molecular weight excluding hydrogens is 377 g/mol. The summed E-state index contributed by atoms with van der Waals surface area (Å²) in [5.41, 5.74) is 0.390. The van der Waals surface area contributed by atoms with Gasteiger partial charge in [0.25, 0.3) is 0 Å². The molecule has 0 unspecified atom stereocenters. The Labute approximate surface area is 167 Å². The van der Waals surface area contributed by atoms with E-state index in [1.165, 1.54) is 6.07 Å². The summed E-state index contributed by atoms with van der Waals surface area (Å²) in [5.74, 6) is 0.544. The lowest BCUT2D eigenvalue weighted by atomic mass is 9.91. The zero-order chi connectivity index (χ0) is 19.8. The van der Waals surface area contributed by atoms with Crippen molar-refractivity contribution in [1.82, 2.24) is 25.2 Å². The van der Waals surface area contributed by atoms with Crippen LogP contribution in [-0.4, -0.2) is 68.8 Å². The van der Waals surface area contributed by atoms with E-state index in [1.807, 2.05) is 0 Å². The molecule has 5 rings (SSSR count). The second-order valence-corrected chi connectivity index (χ2v) is 8.10. The molecule has 0 atom stereocenters. The number of β-amino-alcohol motifs (C(OH)–C–C–N with tert-alkyl or cyclic N) is 1. The number of hydrogen-bond acceptors (Lipinski definition) is 7. The highest BCUT2D eigenvalue weighted by atomic mass is 19.1. The molecule has 8 nitrogen and oxygen atoms in total. The molecule has 29 heavy (non-hydrogen) atoms. The molecule has 1 aromatic carbocycles. The van der Waals surface area contributed by atoms with E-state index < -0.39 is 11.4 Å². The van der Waals surface area contributed by atoms with Crippen molar-refractivity contribution in [2.75, 3.05) is 32.8 Å². The Morgan fingerprint density at radius 1 is 1.24 bits per heavy atom. The Kier molecular flexibility index (Phi) is 4.81. The number of ether oxygens (including phenoxy) is 1. The van der Waals surface area contributed by atoms with Gasteiger partial charge in [0.2, 0.25) is 11.7 Å². The zero-order valence-corrected chi connectivity index (χ0v) is 16.1. The lowest BCUT2D eigenvalue weighted by Crippen LogP contribution is -2.48. The van der Waals surface area contributed by atoms with Crippen molar-refractivity contribution < 1.29 is 18.8 Å². The molecule has 154 valence electrons. The number of halogens is 1. The quantitative estimate of drug-likeness (QED) is 0.693. The van der Waals surface area contributed by atoms with Gasteiger partial charge in [0, 0.05) is 43.9 Å². The number of aliphatic hydroxyl groups is 1. The number of likely N-dealkylation sites (tertiary alicyclic amines) is 1. The largest absolute Gasteiger partial charge is 0.388 e. The SMILES string of the molecule is OC1(CN2CCC(c3nc(-c4c(F)ccc5[nH]ncc45)no3)CC2)CCOCC1. The topological polar surface area (TPSA) is 100 Å². The minimum absolute atomic E-state index is 0.142. The van der Waals surface area contributed by atoms with E-state index in [1.54, 1.807) is 12.3 Å². The third-order valence-electron chi connectivity index (χ3n) is 6.12. The Bertz CT molecular complexity index is 989. The number of nitrogens with one attached hydrogen (secondary N) is 1. The summed E-state index contributed by atoms with van der Waals surface area (Å²) in [6.45, 7) is 3.63. The van der Waals surface area contributed by atoms with E-state index in [4.69, 9.17) is 9.26 Å². The minimum atomic E-state index is -0.649. The van der Waals surface area contributed by atoms with Crippen molar-refractivity contribution in [3.05, 3.63) is 30.0 Å². The van der Waals surface area contributed by atoms with Gasteiger partial charge in [-0.05, 0) is 38.1 Å². The molecule has 2 saturated heterocycles. The Balaban J connectivity index is 1.27. The average Bonchev–Trinajstić information content (AvgIpc) is 3.38. The van der Waals surface area contributed by atoms with Gasteiger partial charge in [-0.3, -0.25) is 5.10 Å². The first-order valence-electron chi connectivity index (χ1n) is 10.1. The van der Waals surface area contributed by atoms with E-state index in [0.29, 0.717) is 49.4 Å². The van der Waals surface area contributed by atoms with Crippen LogP contribution in [0.25, 0.3) is 22.3 Å². The molecule has 4 heterocycles. The van der Waals surface area contributed by atoms with Crippen LogP contribution in [0.15, 0.2) is 22.9 Å². The highest BCUT2D eigenvalue weighted by Crippen LogP contribution is 2.33. The molecule has 2 aliphatic rings. The molecule has 0 radical (unpaired) electrons. The van der Waals surface area contributed by atoms with Crippen LogP contribution in [0.2, 0.25) is 0 Å². The summed E-state index contributed by atoms with van der Waals surface area (Å²) in [5, 5.41) is 22.2. The number of rotatable bonds is 4. The highest BCUT2D eigenvalue weighted by molar-refractivity contribution is 5.92. The fourth-order valence-corrected chi connectivity index (χ4v) is 4.38. The number of H-pyrrole nitrogens is 1. The van der Waals surface area contributed by atoms with Gasteiger partial charge in [-0.2, -0.15) is 10.1 Å². The Morgan fingerprint density at radius 3 is 2.83 bits per heavy atom. The monoisotopic (exact) mass is 401 g/mol. The van der Waals surface area contributed by atoms with Gasteiger partial charge in [0.1, 0.15) is 5.82 Å². The number of hydrogen-bond donors (Lipinski definition) is 2. The second kappa shape index (κ2) is 7.47. The normalized spacial score (nSPS) is 21.0. The maximum Gasteiger partial charge on any atom is 0.230 e. The lowest BCUT2D eigenvalue weighted by Gasteiger charge is -2.39. The van der Waals surface area contributed by atoms with Gasteiger partial charge >= 0.3 is 0 Å². The van der Waals surface area contributed by atoms with Crippen LogP contribution in [0.1, 0.15) is 37.5 Å². The first kappa shape index (κ1) is 18.7. The van der Waals surface area contributed by atoms with Gasteiger partial charge in [-0.1, -0.05) is 5.16 Å². The summed E-state index contributed by atoms with van der Waals surface area (Å²) in [7, 11) is 0. The number of aromatic amines is 1. The lowest BCUT2D eigenvalue weighted by molar-refractivity contribution is -0.0822. The van der Waals surface area contributed by atoms with Gasteiger partial charge in [-0.15, -0.1) is 0 Å². The average molecular weight is 401 g/mol. The Morgan fingerprint density at radius 2 is 2.03 bits per heavy atom. The van der Waals surface area contributed by atoms with Crippen molar-refractivity contribution in [3.8, 4) is 11.4 Å². The van der Waals surface area contributed by atoms with E-state index in [-0.39, 0.29) is 11.7 Å². The van der Waals surface area contributed by atoms with Crippen LogP contribution in [-0.2, 0) is 4.74 Å². The summed E-state index contributed by atoms with van der Waals surface area (Å²) in [6.07, 6.45) is 4.68. The third-order valence-corrected chi connectivity index (χ3v) is 6.12. The maximum atomic E-state index is 14.4. The predicted octanol–water partition coefficient (Wildman–Crippen LogP) is 2.47. The van der Waals surface area contributed by atoms with E-state index >= 15 is 0 Å². The second-order valence-electron chi connectivity index (χ2n) is 8.10. The number of benzene rings is 1. The summed E-state index contributed by atoms with van der Waals surface area (Å²) in [6, 6.07) is 3.02. The van der Waals surface area contributed by atoms with Gasteiger partial charge < -0.3 is 19.3 Å². The van der Waals surface area contributed by atoms with Crippen molar-refractivity contribution >= 4 is 10.9 Å². The molecule has 0 amide bonds. The molecule has 0 spiro atoms. The molecule has 2 aromatic heterocycles. The number of fused-ring (bicyclic) bond motifs is 1. The van der Waals surface area contributed by atoms with Crippen LogP contribution >= 0.6 is 0 Å². The highest BCUT2D eigenvalue weighted by Gasteiger charge is 2.34. The summed E-state index contributed by atoms with van der Waals surface area (Å²) in [4.78, 5) is 6.80. The Hall–Kier alpha value is -2.36. The standard InChI is InChI=1S/C20H24FN5O3/c21-15-1-2-16-14(11-22-24-16)17(15)18-23-19(29-25-18)13-3-7-26(8-4-13)12-20(27)5-9-28-10-6-20/h1-2,11,13,27H,3-10,12H2,(H,22,24).